The fourth-order valence-corrected chi connectivity index (χ4v) is 1.68. The minimum atomic E-state index is -0.968. The summed E-state index contributed by atoms with van der Waals surface area (Å²) in [7, 11) is 0. The van der Waals surface area contributed by atoms with Gasteiger partial charge in [-0.3, -0.25) is 9.59 Å². The lowest BCUT2D eigenvalue weighted by Crippen LogP contribution is -2.42. The van der Waals surface area contributed by atoms with Crippen molar-refractivity contribution in [1.29, 1.82) is 0 Å². The lowest BCUT2D eigenvalue weighted by molar-refractivity contribution is -0.147. The van der Waals surface area contributed by atoms with Gasteiger partial charge in [-0.25, -0.2) is 0 Å². The Labute approximate surface area is 107 Å². The number of rotatable bonds is 6. The summed E-state index contributed by atoms with van der Waals surface area (Å²) >= 11 is 0. The van der Waals surface area contributed by atoms with Gasteiger partial charge >= 0.3 is 5.97 Å². The molecule has 1 N–H and O–H groups in total. The highest BCUT2D eigenvalue weighted by atomic mass is 16.5. The maximum absolute atomic E-state index is 11.8. The number of hydrogen-bond donors (Lipinski definition) is 1. The second kappa shape index (κ2) is 8.05. The summed E-state index contributed by atoms with van der Waals surface area (Å²) in [5.41, 5.74) is 0. The Morgan fingerprint density at radius 2 is 2.00 bits per heavy atom. The normalized spacial score (nSPS) is 17.3. The van der Waals surface area contributed by atoms with Crippen LogP contribution in [-0.2, 0) is 19.1 Å². The molecule has 1 saturated heterocycles. The fourth-order valence-electron chi connectivity index (χ4n) is 1.68. The number of nitrogens with zero attached hydrogens (tertiary/aromatic N) is 1. The molecule has 1 rings (SSSR count). The Morgan fingerprint density at radius 1 is 1.33 bits per heavy atom. The second-order valence-corrected chi connectivity index (χ2v) is 4.28. The summed E-state index contributed by atoms with van der Waals surface area (Å²) < 4.78 is 9.98. The average molecular weight is 259 g/mol. The molecule has 0 aromatic heterocycles. The number of aliphatic hydroxyl groups excluding tert-OH is 1. The summed E-state index contributed by atoms with van der Waals surface area (Å²) in [5, 5.41) is 9.64. The molecule has 0 aliphatic carbocycles. The maximum Gasteiger partial charge on any atom is 0.308 e. The van der Waals surface area contributed by atoms with Crippen molar-refractivity contribution >= 4 is 11.9 Å². The van der Waals surface area contributed by atoms with Crippen LogP contribution in [-0.4, -0.2) is 60.9 Å². The highest BCUT2D eigenvalue weighted by molar-refractivity contribution is 5.78. The molecule has 1 aliphatic rings. The molecular weight excluding hydrogens is 238 g/mol. The summed E-state index contributed by atoms with van der Waals surface area (Å²) in [6, 6.07) is 0. The molecule has 1 amide bonds. The van der Waals surface area contributed by atoms with Gasteiger partial charge in [0.2, 0.25) is 5.91 Å². The van der Waals surface area contributed by atoms with E-state index in [4.69, 9.17) is 9.47 Å². The van der Waals surface area contributed by atoms with E-state index in [0.717, 1.165) is 6.42 Å². The van der Waals surface area contributed by atoms with Crippen LogP contribution in [0.15, 0.2) is 0 Å². The topological polar surface area (TPSA) is 76.1 Å². The third-order valence-corrected chi connectivity index (χ3v) is 2.64. The Morgan fingerprint density at radius 3 is 2.61 bits per heavy atom. The molecule has 1 heterocycles. The van der Waals surface area contributed by atoms with E-state index in [2.05, 4.69) is 0 Å². The molecule has 0 spiro atoms. The zero-order valence-corrected chi connectivity index (χ0v) is 10.8. The predicted octanol–water partition coefficient (Wildman–Crippen LogP) is -0.0605. The third-order valence-electron chi connectivity index (χ3n) is 2.64. The van der Waals surface area contributed by atoms with Crippen molar-refractivity contribution in [3.63, 3.8) is 0 Å². The van der Waals surface area contributed by atoms with E-state index >= 15 is 0 Å². The van der Waals surface area contributed by atoms with E-state index in [9.17, 15) is 14.7 Å². The van der Waals surface area contributed by atoms with Gasteiger partial charge in [0.15, 0.2) is 0 Å². The van der Waals surface area contributed by atoms with E-state index in [-0.39, 0.29) is 18.7 Å². The smallest absolute Gasteiger partial charge is 0.308 e. The molecule has 0 aromatic carbocycles. The van der Waals surface area contributed by atoms with Crippen LogP contribution in [0.2, 0.25) is 0 Å². The van der Waals surface area contributed by atoms with E-state index in [1.54, 1.807) is 4.90 Å². The molecule has 0 radical (unpaired) electrons. The summed E-state index contributed by atoms with van der Waals surface area (Å²) in [5.74, 6) is -0.604. The number of morpholine rings is 1. The summed E-state index contributed by atoms with van der Waals surface area (Å²) in [4.78, 5) is 24.6. The van der Waals surface area contributed by atoms with Crippen LogP contribution in [0.25, 0.3) is 0 Å². The fraction of sp³-hybridized carbons (Fsp3) is 0.833. The van der Waals surface area contributed by atoms with Crippen molar-refractivity contribution in [3.8, 4) is 0 Å². The zero-order chi connectivity index (χ0) is 13.4. The van der Waals surface area contributed by atoms with Gasteiger partial charge in [0.05, 0.1) is 38.8 Å². The van der Waals surface area contributed by atoms with Gasteiger partial charge in [0, 0.05) is 13.1 Å². The SMILES string of the molecule is CCCOC(=O)CC(O)CC(=O)N1CCOCC1. The first-order valence-corrected chi connectivity index (χ1v) is 6.32. The van der Waals surface area contributed by atoms with Gasteiger partial charge in [-0.2, -0.15) is 0 Å². The molecular formula is C12H21NO5. The van der Waals surface area contributed by atoms with Gasteiger partial charge < -0.3 is 19.5 Å². The molecule has 1 unspecified atom stereocenters. The Bertz CT molecular complexity index is 276. The number of esters is 1. The minimum Gasteiger partial charge on any atom is -0.466 e. The number of carbonyl (C=O) groups excluding carboxylic acids is 2. The number of amides is 1. The molecule has 0 aromatic rings. The molecule has 104 valence electrons. The number of hydrogen-bond acceptors (Lipinski definition) is 5. The first kappa shape index (κ1) is 14.9. The van der Waals surface area contributed by atoms with Gasteiger partial charge in [-0.1, -0.05) is 6.92 Å². The average Bonchev–Trinajstić information content (AvgIpc) is 2.37. The van der Waals surface area contributed by atoms with Crippen LogP contribution in [0.3, 0.4) is 0 Å². The van der Waals surface area contributed by atoms with E-state index < -0.39 is 12.1 Å². The summed E-state index contributed by atoms with van der Waals surface area (Å²) in [6.07, 6.45) is -0.393. The highest BCUT2D eigenvalue weighted by Crippen LogP contribution is 2.06. The van der Waals surface area contributed by atoms with E-state index in [1.165, 1.54) is 0 Å². The van der Waals surface area contributed by atoms with Crippen molar-refractivity contribution in [2.75, 3.05) is 32.9 Å². The molecule has 6 heteroatoms. The summed E-state index contributed by atoms with van der Waals surface area (Å²) in [6.45, 7) is 4.40. The molecule has 1 aliphatic heterocycles. The van der Waals surface area contributed by atoms with Crippen molar-refractivity contribution < 1.29 is 24.2 Å². The maximum atomic E-state index is 11.8. The largest absolute Gasteiger partial charge is 0.466 e. The van der Waals surface area contributed by atoms with Gasteiger partial charge in [-0.15, -0.1) is 0 Å². The molecule has 18 heavy (non-hydrogen) atoms. The van der Waals surface area contributed by atoms with Crippen molar-refractivity contribution in [3.05, 3.63) is 0 Å². The molecule has 0 saturated carbocycles. The van der Waals surface area contributed by atoms with Crippen LogP contribution >= 0.6 is 0 Å². The molecule has 6 nitrogen and oxygen atoms in total. The Kier molecular flexibility index (Phi) is 6.67. The van der Waals surface area contributed by atoms with Crippen molar-refractivity contribution in [2.45, 2.75) is 32.3 Å². The number of ether oxygens (including phenoxy) is 2. The third kappa shape index (κ3) is 5.46. The van der Waals surface area contributed by atoms with Crippen LogP contribution < -0.4 is 0 Å². The molecule has 1 fully saturated rings. The predicted molar refractivity (Wildman–Crippen MR) is 63.9 cm³/mol. The first-order valence-electron chi connectivity index (χ1n) is 6.32. The first-order chi connectivity index (χ1) is 8.63. The van der Waals surface area contributed by atoms with E-state index in [1.807, 2.05) is 6.92 Å². The number of carbonyl (C=O) groups is 2. The molecule has 0 bridgehead atoms. The van der Waals surface area contributed by atoms with Gasteiger partial charge in [0.25, 0.3) is 0 Å². The minimum absolute atomic E-state index is 0.0405. The lowest BCUT2D eigenvalue weighted by atomic mass is 10.1. The highest BCUT2D eigenvalue weighted by Gasteiger charge is 2.21. The zero-order valence-electron chi connectivity index (χ0n) is 10.8. The Balaban J connectivity index is 2.23. The lowest BCUT2D eigenvalue weighted by Gasteiger charge is -2.27. The number of aliphatic hydroxyl groups is 1. The van der Waals surface area contributed by atoms with Crippen LogP contribution in [0.1, 0.15) is 26.2 Å². The van der Waals surface area contributed by atoms with E-state index in [0.29, 0.717) is 32.9 Å². The standard InChI is InChI=1S/C12H21NO5/c1-2-5-18-12(16)9-10(14)8-11(15)13-3-6-17-7-4-13/h10,14H,2-9H2,1H3. The van der Waals surface area contributed by atoms with Crippen LogP contribution in [0.5, 0.6) is 0 Å². The monoisotopic (exact) mass is 259 g/mol. The second-order valence-electron chi connectivity index (χ2n) is 4.28. The van der Waals surface area contributed by atoms with Crippen molar-refractivity contribution in [2.24, 2.45) is 0 Å². The van der Waals surface area contributed by atoms with Crippen molar-refractivity contribution in [1.82, 2.24) is 4.90 Å². The quantitative estimate of drug-likeness (QED) is 0.676. The molecule has 1 atom stereocenters. The Hall–Kier alpha value is -1.14. The van der Waals surface area contributed by atoms with Crippen LogP contribution in [0.4, 0.5) is 0 Å². The van der Waals surface area contributed by atoms with Crippen LogP contribution in [0, 0.1) is 0 Å². The van der Waals surface area contributed by atoms with Gasteiger partial charge in [0.1, 0.15) is 0 Å². The van der Waals surface area contributed by atoms with Gasteiger partial charge in [-0.05, 0) is 6.42 Å².